The monoisotopic (exact) mass is 254 g/mol. The van der Waals surface area contributed by atoms with Crippen LogP contribution >= 0.6 is 0 Å². The Balaban J connectivity index is 2.99. The van der Waals surface area contributed by atoms with Gasteiger partial charge in [-0.15, -0.1) is 0 Å². The summed E-state index contributed by atoms with van der Waals surface area (Å²) in [6, 6.07) is 8.55. The molecule has 2 atom stereocenters. The first kappa shape index (κ1) is 13.9. The second-order valence-electron chi connectivity index (χ2n) is 4.18. The number of ketones is 1. The number of rotatable bonds is 5. The summed E-state index contributed by atoms with van der Waals surface area (Å²) >= 11 is 0. The lowest BCUT2D eigenvalue weighted by Crippen LogP contribution is -2.34. The Bertz CT molecular complexity index is 477. The highest BCUT2D eigenvalue weighted by molar-refractivity contribution is 7.93. The lowest BCUT2D eigenvalue weighted by Gasteiger charge is -2.16. The van der Waals surface area contributed by atoms with E-state index in [1.54, 1.807) is 37.3 Å². The van der Waals surface area contributed by atoms with Crippen LogP contribution in [-0.4, -0.2) is 24.7 Å². The van der Waals surface area contributed by atoms with Crippen LogP contribution in [0.4, 0.5) is 0 Å². The summed E-state index contributed by atoms with van der Waals surface area (Å²) < 4.78 is 24.1. The molecule has 1 aromatic rings. The third-order valence-electron chi connectivity index (χ3n) is 3.06. The van der Waals surface area contributed by atoms with E-state index < -0.39 is 20.3 Å². The van der Waals surface area contributed by atoms with Crippen LogP contribution in [0, 0.1) is 0 Å². The Morgan fingerprint density at radius 1 is 1.18 bits per heavy atom. The maximum absolute atomic E-state index is 12.1. The van der Waals surface area contributed by atoms with E-state index in [0.29, 0.717) is 12.0 Å². The molecule has 0 aliphatic rings. The first-order valence-corrected chi connectivity index (χ1v) is 7.34. The van der Waals surface area contributed by atoms with E-state index in [4.69, 9.17) is 0 Å². The standard InChI is InChI=1S/C13H18O3S/c1-4-10(2)17(15,16)11(3)13(14)12-8-6-5-7-9-12/h5-11H,4H2,1-3H3. The van der Waals surface area contributed by atoms with Gasteiger partial charge in [0.2, 0.25) is 0 Å². The van der Waals surface area contributed by atoms with E-state index in [2.05, 4.69) is 0 Å². The zero-order valence-electron chi connectivity index (χ0n) is 10.4. The molecule has 0 N–H and O–H groups in total. The number of hydrogen-bond acceptors (Lipinski definition) is 3. The molecule has 94 valence electrons. The topological polar surface area (TPSA) is 51.2 Å². The van der Waals surface area contributed by atoms with Gasteiger partial charge in [-0.2, -0.15) is 0 Å². The fourth-order valence-corrected chi connectivity index (χ4v) is 3.16. The highest BCUT2D eigenvalue weighted by Crippen LogP contribution is 2.16. The molecule has 0 saturated carbocycles. The van der Waals surface area contributed by atoms with Gasteiger partial charge in [0.25, 0.3) is 0 Å². The van der Waals surface area contributed by atoms with Gasteiger partial charge in [0.05, 0.1) is 5.25 Å². The van der Waals surface area contributed by atoms with Gasteiger partial charge in [0.1, 0.15) is 5.25 Å². The molecule has 0 aliphatic heterocycles. The minimum absolute atomic E-state index is 0.328. The zero-order chi connectivity index (χ0) is 13.1. The Morgan fingerprint density at radius 2 is 1.71 bits per heavy atom. The van der Waals surface area contributed by atoms with Crippen LogP contribution in [0.5, 0.6) is 0 Å². The quantitative estimate of drug-likeness (QED) is 0.758. The molecule has 0 saturated heterocycles. The van der Waals surface area contributed by atoms with Gasteiger partial charge in [0, 0.05) is 5.56 Å². The van der Waals surface area contributed by atoms with E-state index in [9.17, 15) is 13.2 Å². The fraction of sp³-hybridized carbons (Fsp3) is 0.462. The Hall–Kier alpha value is -1.16. The van der Waals surface area contributed by atoms with Crippen molar-refractivity contribution in [3.8, 4) is 0 Å². The molecule has 1 aromatic carbocycles. The van der Waals surface area contributed by atoms with Crippen LogP contribution in [-0.2, 0) is 9.84 Å². The minimum Gasteiger partial charge on any atom is -0.293 e. The van der Waals surface area contributed by atoms with Crippen molar-refractivity contribution in [2.45, 2.75) is 37.7 Å². The molecule has 0 heterocycles. The minimum atomic E-state index is -3.39. The Kier molecular flexibility index (Phi) is 4.46. The Labute approximate surface area is 103 Å². The van der Waals surface area contributed by atoms with Crippen LogP contribution in [0.25, 0.3) is 0 Å². The SMILES string of the molecule is CCC(C)S(=O)(=O)C(C)C(=O)c1ccccc1. The molecule has 2 unspecified atom stereocenters. The summed E-state index contributed by atoms with van der Waals surface area (Å²) in [5.41, 5.74) is 0.451. The van der Waals surface area contributed by atoms with Gasteiger partial charge in [-0.1, -0.05) is 37.3 Å². The Morgan fingerprint density at radius 3 is 2.18 bits per heavy atom. The molecule has 0 aromatic heterocycles. The van der Waals surface area contributed by atoms with Crippen LogP contribution < -0.4 is 0 Å². The molecular weight excluding hydrogens is 236 g/mol. The maximum atomic E-state index is 12.1. The van der Waals surface area contributed by atoms with E-state index in [0.717, 1.165) is 0 Å². The van der Waals surface area contributed by atoms with Crippen molar-refractivity contribution in [1.29, 1.82) is 0 Å². The molecule has 1 rings (SSSR count). The number of sulfone groups is 1. The van der Waals surface area contributed by atoms with Gasteiger partial charge in [-0.3, -0.25) is 4.79 Å². The number of hydrogen-bond donors (Lipinski definition) is 0. The van der Waals surface area contributed by atoms with Gasteiger partial charge in [-0.25, -0.2) is 8.42 Å². The first-order chi connectivity index (χ1) is 7.91. The molecule has 17 heavy (non-hydrogen) atoms. The first-order valence-electron chi connectivity index (χ1n) is 5.73. The van der Waals surface area contributed by atoms with E-state index >= 15 is 0 Å². The lowest BCUT2D eigenvalue weighted by atomic mass is 10.1. The summed E-state index contributed by atoms with van der Waals surface area (Å²) in [6.45, 7) is 4.92. The van der Waals surface area contributed by atoms with Crippen molar-refractivity contribution in [3.05, 3.63) is 35.9 Å². The van der Waals surface area contributed by atoms with Gasteiger partial charge < -0.3 is 0 Å². The maximum Gasteiger partial charge on any atom is 0.180 e. The molecule has 0 radical (unpaired) electrons. The van der Waals surface area contributed by atoms with Gasteiger partial charge in [0.15, 0.2) is 15.6 Å². The van der Waals surface area contributed by atoms with Gasteiger partial charge >= 0.3 is 0 Å². The van der Waals surface area contributed by atoms with Gasteiger partial charge in [-0.05, 0) is 20.3 Å². The zero-order valence-corrected chi connectivity index (χ0v) is 11.2. The highest BCUT2D eigenvalue weighted by Gasteiger charge is 2.32. The van der Waals surface area contributed by atoms with Crippen molar-refractivity contribution in [2.75, 3.05) is 0 Å². The fourth-order valence-electron chi connectivity index (χ4n) is 1.57. The van der Waals surface area contributed by atoms with E-state index in [1.165, 1.54) is 6.92 Å². The second-order valence-corrected chi connectivity index (χ2v) is 6.87. The number of Topliss-reactive ketones (excluding diaryl/α,β-unsaturated/α-hetero) is 1. The van der Waals surface area contributed by atoms with Crippen molar-refractivity contribution in [1.82, 2.24) is 0 Å². The molecule has 0 bridgehead atoms. The van der Waals surface area contributed by atoms with Crippen molar-refractivity contribution < 1.29 is 13.2 Å². The van der Waals surface area contributed by atoms with Crippen molar-refractivity contribution in [2.24, 2.45) is 0 Å². The van der Waals surface area contributed by atoms with E-state index in [-0.39, 0.29) is 5.78 Å². The number of benzene rings is 1. The highest BCUT2D eigenvalue weighted by atomic mass is 32.2. The van der Waals surface area contributed by atoms with Crippen molar-refractivity contribution in [3.63, 3.8) is 0 Å². The molecular formula is C13H18O3S. The van der Waals surface area contributed by atoms with Crippen LogP contribution in [0.2, 0.25) is 0 Å². The lowest BCUT2D eigenvalue weighted by molar-refractivity contribution is 0.0991. The van der Waals surface area contributed by atoms with Crippen LogP contribution in [0.3, 0.4) is 0 Å². The summed E-state index contributed by atoms with van der Waals surface area (Å²) in [6.07, 6.45) is 0.523. The summed E-state index contributed by atoms with van der Waals surface area (Å²) in [7, 11) is -3.39. The average molecular weight is 254 g/mol. The molecule has 0 spiro atoms. The predicted molar refractivity (Wildman–Crippen MR) is 68.9 cm³/mol. The van der Waals surface area contributed by atoms with E-state index in [1.807, 2.05) is 6.92 Å². The average Bonchev–Trinajstić information content (AvgIpc) is 2.36. The molecule has 0 fully saturated rings. The van der Waals surface area contributed by atoms with Crippen molar-refractivity contribution >= 4 is 15.6 Å². The number of carbonyl (C=O) groups excluding carboxylic acids is 1. The summed E-state index contributed by atoms with van der Waals surface area (Å²) in [5.74, 6) is -0.328. The van der Waals surface area contributed by atoms with Crippen LogP contribution in [0.1, 0.15) is 37.6 Å². The summed E-state index contributed by atoms with van der Waals surface area (Å²) in [4.78, 5) is 12.0. The molecule has 3 nitrogen and oxygen atoms in total. The largest absolute Gasteiger partial charge is 0.293 e. The molecule has 0 amide bonds. The van der Waals surface area contributed by atoms with Crippen LogP contribution in [0.15, 0.2) is 30.3 Å². The predicted octanol–water partition coefficient (Wildman–Crippen LogP) is 2.47. The third-order valence-corrected chi connectivity index (χ3v) is 5.71. The summed E-state index contributed by atoms with van der Waals surface area (Å²) in [5, 5.41) is -1.45. The smallest absolute Gasteiger partial charge is 0.180 e. The molecule has 0 aliphatic carbocycles. The second kappa shape index (κ2) is 5.45. The molecule has 4 heteroatoms. The third kappa shape index (κ3) is 2.94. The normalized spacial score (nSPS) is 15.2. The number of carbonyl (C=O) groups is 1.